The Morgan fingerprint density at radius 2 is 2.00 bits per heavy atom. The maximum absolute atomic E-state index is 15.5. The summed E-state index contributed by atoms with van der Waals surface area (Å²) in [5.41, 5.74) is 0.730. The number of hydrogen-bond donors (Lipinski definition) is 1. The van der Waals surface area contributed by atoms with Gasteiger partial charge in [-0.2, -0.15) is 0 Å². The molecular formula is C25H34F3N5O2S. The maximum atomic E-state index is 15.5. The molecule has 4 rings (SSSR count). The van der Waals surface area contributed by atoms with Crippen LogP contribution in [0.5, 0.6) is 5.88 Å². The summed E-state index contributed by atoms with van der Waals surface area (Å²) in [5.74, 6) is -2.78. The summed E-state index contributed by atoms with van der Waals surface area (Å²) in [6.07, 6.45) is 4.28. The molecule has 1 saturated carbocycles. The third kappa shape index (κ3) is 7.86. The molecule has 0 bridgehead atoms. The average Bonchev–Trinajstić information content (AvgIpc) is 3.11. The van der Waals surface area contributed by atoms with E-state index in [1.165, 1.54) is 11.3 Å². The van der Waals surface area contributed by atoms with Gasteiger partial charge < -0.3 is 15.0 Å². The number of fused-ring (bicyclic) bond motifs is 1. The van der Waals surface area contributed by atoms with E-state index in [2.05, 4.69) is 25.4 Å². The fourth-order valence-corrected chi connectivity index (χ4v) is 5.53. The van der Waals surface area contributed by atoms with Crippen LogP contribution in [-0.4, -0.2) is 69.9 Å². The summed E-state index contributed by atoms with van der Waals surface area (Å²) in [5, 5.41) is 12.5. The lowest BCUT2D eigenvalue weighted by atomic mass is 9.81. The molecule has 7 nitrogen and oxygen atoms in total. The van der Waals surface area contributed by atoms with Gasteiger partial charge in [-0.15, -0.1) is 21.5 Å². The molecule has 2 aliphatic rings. The molecule has 0 aromatic carbocycles. The van der Waals surface area contributed by atoms with E-state index in [-0.39, 0.29) is 24.2 Å². The SMILES string of the molecule is Cc1nnc(CC(=O)NC2CCC(F)(CCN3CCc4ccc(OCC(C)(F)F)nc4CC3)CC2)s1. The number of halogens is 3. The number of hydrogen-bond acceptors (Lipinski definition) is 7. The number of amides is 1. The smallest absolute Gasteiger partial charge is 0.278 e. The Kier molecular flexibility index (Phi) is 8.49. The number of ether oxygens (including phenoxy) is 1. The third-order valence-electron chi connectivity index (χ3n) is 6.88. The number of nitrogens with zero attached hydrogens (tertiary/aromatic N) is 4. The van der Waals surface area contributed by atoms with E-state index < -0.39 is 18.2 Å². The van der Waals surface area contributed by atoms with Crippen molar-refractivity contribution in [3.8, 4) is 5.88 Å². The van der Waals surface area contributed by atoms with E-state index in [4.69, 9.17) is 4.74 Å². The van der Waals surface area contributed by atoms with Gasteiger partial charge in [0.25, 0.3) is 5.92 Å². The van der Waals surface area contributed by atoms with Crippen LogP contribution in [0.2, 0.25) is 0 Å². The van der Waals surface area contributed by atoms with Crippen LogP contribution in [0, 0.1) is 6.92 Å². The average molecular weight is 526 g/mol. The number of aromatic nitrogens is 3. The number of rotatable bonds is 9. The van der Waals surface area contributed by atoms with Crippen LogP contribution in [-0.2, 0) is 24.1 Å². The number of pyridine rings is 1. The summed E-state index contributed by atoms with van der Waals surface area (Å²) in [4.78, 5) is 19.0. The van der Waals surface area contributed by atoms with Crippen LogP contribution in [0.15, 0.2) is 12.1 Å². The first-order valence-electron chi connectivity index (χ1n) is 12.6. The molecule has 2 aromatic heterocycles. The summed E-state index contributed by atoms with van der Waals surface area (Å²) in [7, 11) is 0. The van der Waals surface area contributed by atoms with E-state index in [0.29, 0.717) is 50.1 Å². The molecule has 1 N–H and O–H groups in total. The largest absolute Gasteiger partial charge is 0.471 e. The number of nitrogens with one attached hydrogen (secondary N) is 1. The van der Waals surface area contributed by atoms with E-state index in [1.807, 2.05) is 13.0 Å². The highest BCUT2D eigenvalue weighted by Crippen LogP contribution is 2.35. The van der Waals surface area contributed by atoms with Crippen molar-refractivity contribution in [1.82, 2.24) is 25.4 Å². The zero-order chi connectivity index (χ0) is 25.8. The molecule has 1 aliphatic heterocycles. The van der Waals surface area contributed by atoms with Crippen LogP contribution in [0.4, 0.5) is 13.2 Å². The lowest BCUT2D eigenvalue weighted by molar-refractivity contribution is -0.121. The summed E-state index contributed by atoms with van der Waals surface area (Å²) in [6, 6.07) is 3.54. The van der Waals surface area contributed by atoms with Crippen molar-refractivity contribution in [1.29, 1.82) is 0 Å². The normalized spacial score (nSPS) is 23.1. The van der Waals surface area contributed by atoms with Gasteiger partial charge in [-0.25, -0.2) is 18.2 Å². The molecule has 1 aliphatic carbocycles. The van der Waals surface area contributed by atoms with Crippen LogP contribution in [0.25, 0.3) is 0 Å². The van der Waals surface area contributed by atoms with Gasteiger partial charge >= 0.3 is 0 Å². The van der Waals surface area contributed by atoms with E-state index in [9.17, 15) is 13.6 Å². The molecular weight excluding hydrogens is 491 g/mol. The Hall–Kier alpha value is -2.27. The van der Waals surface area contributed by atoms with Gasteiger partial charge in [0.1, 0.15) is 15.7 Å². The minimum atomic E-state index is -2.91. The molecule has 0 saturated heterocycles. The fourth-order valence-electron chi connectivity index (χ4n) is 4.83. The summed E-state index contributed by atoms with van der Waals surface area (Å²) < 4.78 is 46.8. The minimum absolute atomic E-state index is 0.00164. The second-order valence-corrected chi connectivity index (χ2v) is 11.4. The highest BCUT2D eigenvalue weighted by atomic mass is 32.1. The summed E-state index contributed by atoms with van der Waals surface area (Å²) >= 11 is 1.41. The van der Waals surface area contributed by atoms with Crippen molar-refractivity contribution >= 4 is 17.2 Å². The van der Waals surface area contributed by atoms with Gasteiger partial charge in [0.05, 0.1) is 6.42 Å². The minimum Gasteiger partial charge on any atom is -0.471 e. The van der Waals surface area contributed by atoms with Crippen molar-refractivity contribution in [2.75, 3.05) is 26.2 Å². The molecule has 0 unspecified atom stereocenters. The molecule has 1 amide bonds. The molecule has 0 radical (unpaired) electrons. The Morgan fingerprint density at radius 3 is 2.69 bits per heavy atom. The second-order valence-electron chi connectivity index (χ2n) is 10.1. The van der Waals surface area contributed by atoms with Crippen LogP contribution in [0.3, 0.4) is 0 Å². The molecule has 36 heavy (non-hydrogen) atoms. The topological polar surface area (TPSA) is 80.2 Å². The van der Waals surface area contributed by atoms with Crippen molar-refractivity contribution in [3.63, 3.8) is 0 Å². The molecule has 198 valence electrons. The molecule has 0 spiro atoms. The number of carbonyl (C=O) groups is 1. The predicted octanol–water partition coefficient (Wildman–Crippen LogP) is 4.08. The van der Waals surface area contributed by atoms with E-state index in [1.54, 1.807) is 6.07 Å². The highest BCUT2D eigenvalue weighted by molar-refractivity contribution is 7.11. The van der Waals surface area contributed by atoms with Crippen molar-refractivity contribution in [3.05, 3.63) is 33.4 Å². The second kappa shape index (κ2) is 11.4. The zero-order valence-corrected chi connectivity index (χ0v) is 21.7. The van der Waals surface area contributed by atoms with Crippen LogP contribution in [0.1, 0.15) is 60.3 Å². The molecule has 3 heterocycles. The van der Waals surface area contributed by atoms with Crippen molar-refractivity contribution < 1.29 is 22.7 Å². The van der Waals surface area contributed by atoms with Crippen molar-refractivity contribution in [2.45, 2.75) is 82.8 Å². The molecule has 1 fully saturated rings. The Bertz CT molecular complexity index is 1040. The monoisotopic (exact) mass is 525 g/mol. The lowest BCUT2D eigenvalue weighted by Crippen LogP contribution is -2.43. The van der Waals surface area contributed by atoms with Crippen molar-refractivity contribution in [2.24, 2.45) is 0 Å². The van der Waals surface area contributed by atoms with Crippen LogP contribution < -0.4 is 10.1 Å². The Morgan fingerprint density at radius 1 is 1.25 bits per heavy atom. The number of alkyl halides is 3. The van der Waals surface area contributed by atoms with Gasteiger partial charge in [0.15, 0.2) is 6.61 Å². The molecule has 2 aromatic rings. The van der Waals surface area contributed by atoms with Gasteiger partial charge in [-0.3, -0.25) is 4.79 Å². The van der Waals surface area contributed by atoms with Gasteiger partial charge in [0, 0.05) is 50.8 Å². The highest BCUT2D eigenvalue weighted by Gasteiger charge is 2.36. The standard InChI is InChI=1S/C25H34F3N5O2S/c1-17-31-32-23(36-17)15-21(34)29-19-5-9-25(28,10-6-19)11-14-33-12-7-18-3-4-22(30-20(18)8-13-33)35-16-24(2,26)27/h3-4,19H,5-16H2,1-2H3,(H,29,34). The van der Waals surface area contributed by atoms with Gasteiger partial charge in [-0.1, -0.05) is 6.07 Å². The third-order valence-corrected chi connectivity index (χ3v) is 7.72. The Labute approximate surface area is 213 Å². The van der Waals surface area contributed by atoms with E-state index >= 15 is 4.39 Å². The van der Waals surface area contributed by atoms with Crippen LogP contribution >= 0.6 is 11.3 Å². The first-order valence-corrected chi connectivity index (χ1v) is 13.4. The molecule has 11 heteroatoms. The predicted molar refractivity (Wildman–Crippen MR) is 131 cm³/mol. The molecule has 0 atom stereocenters. The first-order chi connectivity index (χ1) is 17.1. The number of carbonyl (C=O) groups excluding carboxylic acids is 1. The Balaban J connectivity index is 1.19. The lowest BCUT2D eigenvalue weighted by Gasteiger charge is -2.35. The zero-order valence-electron chi connectivity index (χ0n) is 20.9. The summed E-state index contributed by atoms with van der Waals surface area (Å²) in [6.45, 7) is 4.18. The van der Waals surface area contributed by atoms with Gasteiger partial charge in [-0.05, 0) is 51.0 Å². The van der Waals surface area contributed by atoms with Gasteiger partial charge in [0.2, 0.25) is 11.8 Å². The van der Waals surface area contributed by atoms with E-state index in [0.717, 1.165) is 42.7 Å². The number of aryl methyl sites for hydroxylation is 1. The maximum Gasteiger partial charge on any atom is 0.278 e. The quantitative estimate of drug-likeness (QED) is 0.532. The fraction of sp³-hybridized carbons (Fsp3) is 0.680. The first kappa shape index (κ1) is 26.8.